The van der Waals surface area contributed by atoms with Gasteiger partial charge in [0, 0.05) is 13.1 Å². The Kier molecular flexibility index (Phi) is 3.56. The summed E-state index contributed by atoms with van der Waals surface area (Å²) in [6.07, 6.45) is 5.29. The van der Waals surface area contributed by atoms with Crippen LogP contribution in [0.25, 0.3) is 0 Å². The van der Waals surface area contributed by atoms with Gasteiger partial charge in [-0.05, 0) is 19.9 Å². The topological polar surface area (TPSA) is 77.4 Å². The Bertz CT molecular complexity index is 428. The zero-order valence-electron chi connectivity index (χ0n) is 11.5. The number of nitrogens with zero attached hydrogens (tertiary/aromatic N) is 3. The lowest BCUT2D eigenvalue weighted by atomic mass is 9.82. The highest BCUT2D eigenvalue weighted by Gasteiger charge is 2.36. The Labute approximate surface area is 113 Å². The van der Waals surface area contributed by atoms with Crippen LogP contribution >= 0.6 is 0 Å². The molecule has 0 aromatic carbocycles. The van der Waals surface area contributed by atoms with Gasteiger partial charge < -0.3 is 19.9 Å². The average molecular weight is 266 g/mol. The van der Waals surface area contributed by atoms with Crippen molar-refractivity contribution in [1.29, 1.82) is 0 Å². The lowest BCUT2D eigenvalue weighted by Gasteiger charge is -2.29. The fourth-order valence-corrected chi connectivity index (χ4v) is 2.90. The van der Waals surface area contributed by atoms with Crippen molar-refractivity contribution in [3.63, 3.8) is 0 Å². The maximum absolute atomic E-state index is 6.40. The Hall–Kier alpha value is -0.980. The Balaban J connectivity index is 1.75. The zero-order chi connectivity index (χ0) is 13.3. The van der Waals surface area contributed by atoms with E-state index < -0.39 is 5.54 Å². The van der Waals surface area contributed by atoms with Crippen LogP contribution in [0.5, 0.6) is 0 Å². The van der Waals surface area contributed by atoms with Gasteiger partial charge in [-0.1, -0.05) is 24.4 Å². The minimum Gasteiger partial charge on any atom is -0.367 e. The van der Waals surface area contributed by atoms with Crippen molar-refractivity contribution in [3.8, 4) is 0 Å². The molecule has 3 rings (SSSR count). The van der Waals surface area contributed by atoms with E-state index >= 15 is 0 Å². The predicted molar refractivity (Wildman–Crippen MR) is 69.4 cm³/mol. The van der Waals surface area contributed by atoms with Crippen LogP contribution in [-0.2, 0) is 10.3 Å². The summed E-state index contributed by atoms with van der Waals surface area (Å²) >= 11 is 0. The number of ether oxygens (including phenoxy) is 1. The molecular weight excluding hydrogens is 244 g/mol. The van der Waals surface area contributed by atoms with Crippen molar-refractivity contribution >= 4 is 0 Å². The molecule has 2 N–H and O–H groups in total. The van der Waals surface area contributed by atoms with Gasteiger partial charge in [-0.3, -0.25) is 0 Å². The standard InChI is InChI=1S/C13H22N4O2/c1-17-7-8-18-10(9-17)11-15-12(19-16-11)13(14)5-3-2-4-6-13/h10H,2-9,14H2,1H3. The number of likely N-dealkylation sites (N-methyl/N-ethyl adjacent to an activating group) is 1. The molecule has 1 saturated heterocycles. The summed E-state index contributed by atoms with van der Waals surface area (Å²) in [6, 6.07) is 0. The van der Waals surface area contributed by atoms with E-state index in [1.807, 2.05) is 0 Å². The van der Waals surface area contributed by atoms with E-state index in [1.165, 1.54) is 6.42 Å². The fourth-order valence-electron chi connectivity index (χ4n) is 2.90. The van der Waals surface area contributed by atoms with Crippen LogP contribution < -0.4 is 5.73 Å². The van der Waals surface area contributed by atoms with Crippen molar-refractivity contribution in [1.82, 2.24) is 15.0 Å². The maximum Gasteiger partial charge on any atom is 0.246 e. The molecule has 2 heterocycles. The second-order valence-corrected chi connectivity index (χ2v) is 5.80. The molecule has 2 fully saturated rings. The summed E-state index contributed by atoms with van der Waals surface area (Å²) in [5.74, 6) is 1.22. The first-order valence-corrected chi connectivity index (χ1v) is 7.10. The van der Waals surface area contributed by atoms with Crippen molar-refractivity contribution in [2.24, 2.45) is 5.73 Å². The van der Waals surface area contributed by atoms with Gasteiger partial charge in [-0.15, -0.1) is 0 Å². The van der Waals surface area contributed by atoms with Crippen LogP contribution in [0.2, 0.25) is 0 Å². The molecule has 1 saturated carbocycles. The lowest BCUT2D eigenvalue weighted by Crippen LogP contribution is -2.39. The third-order valence-corrected chi connectivity index (χ3v) is 4.17. The van der Waals surface area contributed by atoms with Crippen LogP contribution in [0.4, 0.5) is 0 Å². The molecule has 6 heteroatoms. The minimum atomic E-state index is -0.427. The van der Waals surface area contributed by atoms with Gasteiger partial charge >= 0.3 is 0 Å². The molecule has 19 heavy (non-hydrogen) atoms. The number of aromatic nitrogens is 2. The molecule has 1 aliphatic carbocycles. The van der Waals surface area contributed by atoms with Crippen molar-refractivity contribution in [2.75, 3.05) is 26.7 Å². The molecule has 2 aliphatic rings. The largest absolute Gasteiger partial charge is 0.367 e. The van der Waals surface area contributed by atoms with Gasteiger partial charge in [0.15, 0.2) is 0 Å². The first-order chi connectivity index (χ1) is 9.17. The number of rotatable bonds is 2. The maximum atomic E-state index is 6.40. The Morgan fingerprint density at radius 3 is 2.84 bits per heavy atom. The number of nitrogens with two attached hydrogens (primary N) is 1. The third-order valence-electron chi connectivity index (χ3n) is 4.17. The molecular formula is C13H22N4O2. The monoisotopic (exact) mass is 266 g/mol. The fraction of sp³-hybridized carbons (Fsp3) is 0.846. The summed E-state index contributed by atoms with van der Waals surface area (Å²) in [6.45, 7) is 2.46. The van der Waals surface area contributed by atoms with Crippen molar-refractivity contribution in [2.45, 2.75) is 43.7 Å². The number of hydrogen-bond acceptors (Lipinski definition) is 6. The molecule has 1 atom stereocenters. The molecule has 1 aromatic heterocycles. The summed E-state index contributed by atoms with van der Waals surface area (Å²) in [4.78, 5) is 6.72. The van der Waals surface area contributed by atoms with Crippen LogP contribution in [-0.4, -0.2) is 41.8 Å². The molecule has 1 aliphatic heterocycles. The zero-order valence-corrected chi connectivity index (χ0v) is 11.5. The van der Waals surface area contributed by atoms with Gasteiger partial charge in [0.1, 0.15) is 6.10 Å². The van der Waals surface area contributed by atoms with Crippen LogP contribution in [0, 0.1) is 0 Å². The van der Waals surface area contributed by atoms with Gasteiger partial charge in [0.2, 0.25) is 11.7 Å². The Morgan fingerprint density at radius 2 is 2.11 bits per heavy atom. The van der Waals surface area contributed by atoms with Crippen LogP contribution in [0.3, 0.4) is 0 Å². The molecule has 0 radical (unpaired) electrons. The highest BCUT2D eigenvalue weighted by atomic mass is 16.5. The minimum absolute atomic E-state index is 0.0940. The second kappa shape index (κ2) is 5.19. The number of hydrogen-bond donors (Lipinski definition) is 1. The van der Waals surface area contributed by atoms with Crippen LogP contribution in [0.1, 0.15) is 49.9 Å². The smallest absolute Gasteiger partial charge is 0.246 e. The quantitative estimate of drug-likeness (QED) is 0.866. The predicted octanol–water partition coefficient (Wildman–Crippen LogP) is 1.19. The third kappa shape index (κ3) is 2.66. The number of morpholine rings is 1. The highest BCUT2D eigenvalue weighted by molar-refractivity contribution is 5.05. The Morgan fingerprint density at radius 1 is 1.32 bits per heavy atom. The van der Waals surface area contributed by atoms with E-state index in [1.54, 1.807) is 0 Å². The van der Waals surface area contributed by atoms with E-state index in [0.717, 1.165) is 38.8 Å². The first kappa shape index (κ1) is 13.0. The van der Waals surface area contributed by atoms with Gasteiger partial charge in [-0.2, -0.15) is 4.98 Å². The molecule has 1 aromatic rings. The lowest BCUT2D eigenvalue weighted by molar-refractivity contribution is -0.0264. The van der Waals surface area contributed by atoms with Gasteiger partial charge in [0.25, 0.3) is 0 Å². The van der Waals surface area contributed by atoms with Gasteiger partial charge in [0.05, 0.1) is 12.1 Å². The summed E-state index contributed by atoms with van der Waals surface area (Å²) in [5.41, 5.74) is 5.98. The molecule has 0 bridgehead atoms. The first-order valence-electron chi connectivity index (χ1n) is 7.10. The van der Waals surface area contributed by atoms with E-state index in [2.05, 4.69) is 22.1 Å². The second-order valence-electron chi connectivity index (χ2n) is 5.80. The van der Waals surface area contributed by atoms with Crippen molar-refractivity contribution in [3.05, 3.63) is 11.7 Å². The van der Waals surface area contributed by atoms with E-state index in [4.69, 9.17) is 15.0 Å². The van der Waals surface area contributed by atoms with E-state index in [-0.39, 0.29) is 6.10 Å². The van der Waals surface area contributed by atoms with E-state index in [9.17, 15) is 0 Å². The van der Waals surface area contributed by atoms with Crippen LogP contribution in [0.15, 0.2) is 4.52 Å². The van der Waals surface area contributed by atoms with Gasteiger partial charge in [-0.25, -0.2) is 0 Å². The average Bonchev–Trinajstić information content (AvgIpc) is 2.90. The SMILES string of the molecule is CN1CCOC(c2noc(C3(N)CCCCC3)n2)C1. The molecule has 0 spiro atoms. The molecule has 106 valence electrons. The highest BCUT2D eigenvalue weighted by Crippen LogP contribution is 2.34. The molecule has 1 unspecified atom stereocenters. The summed E-state index contributed by atoms with van der Waals surface area (Å²) < 4.78 is 11.1. The van der Waals surface area contributed by atoms with Crippen molar-refractivity contribution < 1.29 is 9.26 Å². The molecule has 0 amide bonds. The summed E-state index contributed by atoms with van der Waals surface area (Å²) in [5, 5.41) is 4.08. The molecule has 6 nitrogen and oxygen atoms in total. The normalized spacial score (nSPS) is 28.4. The van der Waals surface area contributed by atoms with E-state index in [0.29, 0.717) is 18.3 Å². The summed E-state index contributed by atoms with van der Waals surface area (Å²) in [7, 11) is 2.07.